The average molecular weight is 365 g/mol. The van der Waals surface area contributed by atoms with Crippen molar-refractivity contribution in [1.82, 2.24) is 15.1 Å². The van der Waals surface area contributed by atoms with E-state index in [-0.39, 0.29) is 6.10 Å². The minimum Gasteiger partial charge on any atom is -0.497 e. The molecule has 4 rings (SSSR count). The van der Waals surface area contributed by atoms with Gasteiger partial charge in [-0.3, -0.25) is 10.00 Å². The van der Waals surface area contributed by atoms with Gasteiger partial charge in [0.2, 0.25) is 0 Å². The third kappa shape index (κ3) is 4.15. The van der Waals surface area contributed by atoms with Gasteiger partial charge in [-0.2, -0.15) is 5.10 Å². The van der Waals surface area contributed by atoms with Crippen molar-refractivity contribution in [3.05, 3.63) is 59.8 Å². The molecule has 0 bridgehead atoms. The zero-order valence-corrected chi connectivity index (χ0v) is 15.8. The minimum atomic E-state index is -0.258. The Morgan fingerprint density at radius 2 is 1.96 bits per heavy atom. The Hall–Kier alpha value is -2.37. The predicted molar refractivity (Wildman–Crippen MR) is 107 cm³/mol. The Bertz CT molecular complexity index is 870. The maximum atomic E-state index is 10.6. The zero-order valence-electron chi connectivity index (χ0n) is 15.8. The SMILES string of the molecule is COc1ccc2n[nH]c(CN3CCC([C@H](O)Cc4ccccc4)CC3)c2c1. The Labute approximate surface area is 160 Å². The number of benzene rings is 2. The second kappa shape index (κ2) is 8.11. The van der Waals surface area contributed by atoms with E-state index in [0.717, 1.165) is 61.2 Å². The Balaban J connectivity index is 1.34. The number of aliphatic hydroxyl groups is 1. The summed E-state index contributed by atoms with van der Waals surface area (Å²) < 4.78 is 5.34. The van der Waals surface area contributed by atoms with E-state index in [1.807, 2.05) is 36.4 Å². The van der Waals surface area contributed by atoms with E-state index >= 15 is 0 Å². The van der Waals surface area contributed by atoms with Crippen LogP contribution in [0.3, 0.4) is 0 Å². The molecule has 0 radical (unpaired) electrons. The first kappa shape index (κ1) is 18.0. The maximum Gasteiger partial charge on any atom is 0.119 e. The van der Waals surface area contributed by atoms with Gasteiger partial charge in [0.15, 0.2) is 0 Å². The van der Waals surface area contributed by atoms with E-state index in [0.29, 0.717) is 5.92 Å². The normalized spacial score (nSPS) is 17.3. The first-order valence-corrected chi connectivity index (χ1v) is 9.68. The molecule has 5 nitrogen and oxygen atoms in total. The van der Waals surface area contributed by atoms with Crippen molar-refractivity contribution in [3.63, 3.8) is 0 Å². The van der Waals surface area contributed by atoms with E-state index in [1.165, 1.54) is 5.56 Å². The van der Waals surface area contributed by atoms with Gasteiger partial charge in [-0.25, -0.2) is 0 Å². The van der Waals surface area contributed by atoms with Crippen LogP contribution in [0, 0.1) is 5.92 Å². The second-order valence-corrected chi connectivity index (χ2v) is 7.46. The molecule has 1 saturated heterocycles. The molecule has 0 spiro atoms. The first-order chi connectivity index (χ1) is 13.2. The highest BCUT2D eigenvalue weighted by Crippen LogP contribution is 2.26. The number of nitrogens with zero attached hydrogens (tertiary/aromatic N) is 2. The van der Waals surface area contributed by atoms with E-state index in [9.17, 15) is 5.11 Å². The molecule has 5 heteroatoms. The summed E-state index contributed by atoms with van der Waals surface area (Å²) in [4.78, 5) is 2.44. The largest absolute Gasteiger partial charge is 0.497 e. The van der Waals surface area contributed by atoms with Crippen molar-refractivity contribution in [3.8, 4) is 5.75 Å². The number of likely N-dealkylation sites (tertiary alicyclic amines) is 1. The van der Waals surface area contributed by atoms with E-state index in [1.54, 1.807) is 7.11 Å². The van der Waals surface area contributed by atoms with Gasteiger partial charge in [0, 0.05) is 11.9 Å². The molecule has 27 heavy (non-hydrogen) atoms. The van der Waals surface area contributed by atoms with Crippen LogP contribution in [0.25, 0.3) is 10.9 Å². The fraction of sp³-hybridized carbons (Fsp3) is 0.409. The number of H-pyrrole nitrogens is 1. The van der Waals surface area contributed by atoms with Crippen LogP contribution in [0.5, 0.6) is 5.75 Å². The van der Waals surface area contributed by atoms with Crippen LogP contribution in [-0.2, 0) is 13.0 Å². The number of aromatic nitrogens is 2. The van der Waals surface area contributed by atoms with Gasteiger partial charge in [-0.15, -0.1) is 0 Å². The molecule has 1 fully saturated rings. The number of methoxy groups -OCH3 is 1. The van der Waals surface area contributed by atoms with Gasteiger partial charge in [-0.1, -0.05) is 30.3 Å². The second-order valence-electron chi connectivity index (χ2n) is 7.46. The maximum absolute atomic E-state index is 10.6. The van der Waals surface area contributed by atoms with E-state index < -0.39 is 0 Å². The molecule has 2 N–H and O–H groups in total. The van der Waals surface area contributed by atoms with Crippen molar-refractivity contribution >= 4 is 10.9 Å². The summed E-state index contributed by atoms with van der Waals surface area (Å²) in [6.45, 7) is 2.85. The zero-order chi connectivity index (χ0) is 18.6. The highest BCUT2D eigenvalue weighted by molar-refractivity contribution is 5.82. The highest BCUT2D eigenvalue weighted by Gasteiger charge is 2.26. The number of piperidine rings is 1. The summed E-state index contributed by atoms with van der Waals surface area (Å²) in [5.74, 6) is 1.23. The molecule has 2 heterocycles. The Kier molecular flexibility index (Phi) is 5.41. The molecule has 0 unspecified atom stereocenters. The molecule has 0 aliphatic carbocycles. The summed E-state index contributed by atoms with van der Waals surface area (Å²) >= 11 is 0. The molecule has 1 aromatic heterocycles. The fourth-order valence-electron chi connectivity index (χ4n) is 4.03. The summed E-state index contributed by atoms with van der Waals surface area (Å²) in [6, 6.07) is 16.2. The van der Waals surface area contributed by atoms with E-state index in [2.05, 4.69) is 27.2 Å². The highest BCUT2D eigenvalue weighted by atomic mass is 16.5. The number of ether oxygens (including phenoxy) is 1. The molecule has 1 atom stereocenters. The van der Waals surface area contributed by atoms with Crippen molar-refractivity contribution in [2.75, 3.05) is 20.2 Å². The summed E-state index contributed by atoms with van der Waals surface area (Å²) in [6.07, 6.45) is 2.55. The van der Waals surface area contributed by atoms with Crippen LogP contribution in [0.2, 0.25) is 0 Å². The smallest absolute Gasteiger partial charge is 0.119 e. The summed E-state index contributed by atoms with van der Waals surface area (Å²) in [5, 5.41) is 19.3. The number of aromatic amines is 1. The number of hydrogen-bond acceptors (Lipinski definition) is 4. The lowest BCUT2D eigenvalue weighted by Gasteiger charge is -2.34. The van der Waals surface area contributed by atoms with Crippen molar-refractivity contribution in [2.45, 2.75) is 31.9 Å². The average Bonchev–Trinajstić information content (AvgIpc) is 3.11. The molecule has 1 aliphatic rings. The topological polar surface area (TPSA) is 61.4 Å². The molecule has 0 amide bonds. The summed E-state index contributed by atoms with van der Waals surface area (Å²) in [5.41, 5.74) is 3.32. The number of rotatable bonds is 6. The van der Waals surface area contributed by atoms with Gasteiger partial charge in [0.05, 0.1) is 24.4 Å². The molecular formula is C22H27N3O2. The third-order valence-corrected chi connectivity index (χ3v) is 5.69. The first-order valence-electron chi connectivity index (χ1n) is 9.68. The monoisotopic (exact) mass is 365 g/mol. The van der Waals surface area contributed by atoms with Gasteiger partial charge in [0.1, 0.15) is 5.75 Å². The quantitative estimate of drug-likeness (QED) is 0.703. The number of fused-ring (bicyclic) bond motifs is 1. The van der Waals surface area contributed by atoms with Gasteiger partial charge >= 0.3 is 0 Å². The molecule has 0 saturated carbocycles. The molecule has 142 valence electrons. The van der Waals surface area contributed by atoms with E-state index in [4.69, 9.17) is 4.74 Å². The number of nitrogens with one attached hydrogen (secondary N) is 1. The number of hydrogen-bond donors (Lipinski definition) is 2. The van der Waals surface area contributed by atoms with Gasteiger partial charge in [0.25, 0.3) is 0 Å². The minimum absolute atomic E-state index is 0.258. The van der Waals surface area contributed by atoms with Crippen LogP contribution in [-0.4, -0.2) is 46.5 Å². The Morgan fingerprint density at radius 1 is 1.19 bits per heavy atom. The predicted octanol–water partition coefficient (Wildman–Crippen LogP) is 3.39. The van der Waals surface area contributed by atoms with Crippen LogP contribution in [0.1, 0.15) is 24.1 Å². The molecule has 2 aromatic carbocycles. The molecule has 1 aliphatic heterocycles. The molecule has 3 aromatic rings. The lowest BCUT2D eigenvalue weighted by molar-refractivity contribution is 0.0574. The van der Waals surface area contributed by atoms with Crippen LogP contribution < -0.4 is 4.74 Å². The van der Waals surface area contributed by atoms with Gasteiger partial charge in [-0.05, 0) is 62.0 Å². The third-order valence-electron chi connectivity index (χ3n) is 5.69. The lowest BCUT2D eigenvalue weighted by Crippen LogP contribution is -2.38. The molecular weight excluding hydrogens is 338 g/mol. The van der Waals surface area contributed by atoms with Crippen molar-refractivity contribution < 1.29 is 9.84 Å². The number of aliphatic hydroxyl groups excluding tert-OH is 1. The van der Waals surface area contributed by atoms with Crippen molar-refractivity contribution in [1.29, 1.82) is 0 Å². The standard InChI is InChI=1S/C22H27N3O2/c1-27-18-7-8-20-19(14-18)21(24-23-20)15-25-11-9-17(10-12-25)22(26)13-16-5-3-2-4-6-16/h2-8,14,17,22,26H,9-13,15H2,1H3,(H,23,24)/t22-/m1/s1. The van der Waals surface area contributed by atoms with Crippen LogP contribution >= 0.6 is 0 Å². The van der Waals surface area contributed by atoms with Crippen LogP contribution in [0.15, 0.2) is 48.5 Å². The van der Waals surface area contributed by atoms with Gasteiger partial charge < -0.3 is 9.84 Å². The fourth-order valence-corrected chi connectivity index (χ4v) is 4.03. The van der Waals surface area contributed by atoms with Crippen LogP contribution in [0.4, 0.5) is 0 Å². The summed E-state index contributed by atoms with van der Waals surface area (Å²) in [7, 11) is 1.69. The van der Waals surface area contributed by atoms with Crippen molar-refractivity contribution in [2.24, 2.45) is 5.92 Å². The lowest BCUT2D eigenvalue weighted by atomic mass is 9.88. The Morgan fingerprint density at radius 3 is 2.70 bits per heavy atom.